The second-order valence-electron chi connectivity index (χ2n) is 8.35. The molecule has 0 radical (unpaired) electrons. The number of hydrogen-bond donors (Lipinski definition) is 0. The van der Waals surface area contributed by atoms with Crippen LogP contribution >= 0.6 is 11.3 Å². The molecule has 1 aliphatic rings. The van der Waals surface area contributed by atoms with Gasteiger partial charge >= 0.3 is 0 Å². The van der Waals surface area contributed by atoms with Crippen molar-refractivity contribution in [3.05, 3.63) is 57.8 Å². The summed E-state index contributed by atoms with van der Waals surface area (Å²) in [6.45, 7) is 4.17. The second-order valence-corrected chi connectivity index (χ2v) is 9.35. The number of hydrogen-bond acceptors (Lipinski definition) is 4. The molecule has 0 N–H and O–H groups in total. The van der Waals surface area contributed by atoms with Crippen LogP contribution in [0, 0.1) is 12.8 Å². The molecule has 0 atom stereocenters. The number of rotatable bonds is 10. The summed E-state index contributed by atoms with van der Waals surface area (Å²) < 4.78 is 5.23. The van der Waals surface area contributed by atoms with Crippen LogP contribution in [0.4, 0.5) is 0 Å². The molecule has 5 nitrogen and oxygen atoms in total. The van der Waals surface area contributed by atoms with Crippen molar-refractivity contribution >= 4 is 23.2 Å². The number of nitrogens with zero attached hydrogens (tertiary/aromatic N) is 2. The van der Waals surface area contributed by atoms with Gasteiger partial charge in [0, 0.05) is 31.0 Å². The van der Waals surface area contributed by atoms with Gasteiger partial charge in [-0.05, 0) is 42.3 Å². The summed E-state index contributed by atoms with van der Waals surface area (Å²) in [6.07, 6.45) is 5.25. The van der Waals surface area contributed by atoms with E-state index in [9.17, 15) is 9.59 Å². The van der Waals surface area contributed by atoms with Gasteiger partial charge in [-0.3, -0.25) is 9.59 Å². The molecule has 2 amide bonds. The molecule has 0 aliphatic heterocycles. The number of benzene rings is 1. The predicted molar refractivity (Wildman–Crippen MR) is 125 cm³/mol. The van der Waals surface area contributed by atoms with Crippen molar-refractivity contribution in [2.45, 2.75) is 52.1 Å². The third kappa shape index (κ3) is 6.91. The van der Waals surface area contributed by atoms with Crippen LogP contribution < -0.4 is 0 Å². The summed E-state index contributed by atoms with van der Waals surface area (Å²) in [6, 6.07) is 12.1. The number of ether oxygens (including phenoxy) is 1. The fourth-order valence-corrected chi connectivity index (χ4v) is 5.04. The summed E-state index contributed by atoms with van der Waals surface area (Å²) >= 11 is 1.67. The maximum Gasteiger partial charge on any atom is 0.242 e. The summed E-state index contributed by atoms with van der Waals surface area (Å²) in [5, 5.41) is 2.06. The van der Waals surface area contributed by atoms with E-state index in [2.05, 4.69) is 18.4 Å². The Morgan fingerprint density at radius 1 is 1.03 bits per heavy atom. The summed E-state index contributed by atoms with van der Waals surface area (Å²) in [5.41, 5.74) is 2.29. The van der Waals surface area contributed by atoms with E-state index in [1.165, 1.54) is 16.9 Å². The lowest BCUT2D eigenvalue weighted by Gasteiger charge is -2.31. The molecule has 6 heteroatoms. The van der Waals surface area contributed by atoms with Crippen LogP contribution in [0.5, 0.6) is 0 Å². The molecule has 1 fully saturated rings. The minimum Gasteiger partial charge on any atom is -0.383 e. The quantitative estimate of drug-likeness (QED) is 0.539. The first-order valence-corrected chi connectivity index (χ1v) is 12.1. The first-order valence-electron chi connectivity index (χ1n) is 11.2. The van der Waals surface area contributed by atoms with Crippen molar-refractivity contribution in [3.8, 4) is 0 Å². The van der Waals surface area contributed by atoms with Crippen LogP contribution in [0.1, 0.15) is 48.1 Å². The number of methoxy groups -OCH3 is 1. The van der Waals surface area contributed by atoms with E-state index in [0.29, 0.717) is 26.2 Å². The molecule has 31 heavy (non-hydrogen) atoms. The van der Waals surface area contributed by atoms with Gasteiger partial charge in [-0.1, -0.05) is 49.6 Å². The van der Waals surface area contributed by atoms with Crippen molar-refractivity contribution in [1.82, 2.24) is 9.80 Å². The largest absolute Gasteiger partial charge is 0.383 e. The second kappa shape index (κ2) is 12.0. The molecule has 0 saturated heterocycles. The standard InChI is InChI=1S/C25H34N2O3S/c1-20-13-16-31-23(20)18-27(17-21-9-5-3-6-10-21)24(28)19-26(14-15-30-2)25(29)22-11-7-4-8-12-22/h3,5-6,9-10,13,16,22H,4,7-8,11-12,14-15,17-19H2,1-2H3. The summed E-state index contributed by atoms with van der Waals surface area (Å²) in [5.74, 6) is 0.134. The number of carbonyl (C=O) groups is 2. The van der Waals surface area contributed by atoms with E-state index < -0.39 is 0 Å². The minimum absolute atomic E-state index is 0.0167. The average molecular weight is 443 g/mol. The van der Waals surface area contributed by atoms with E-state index in [0.717, 1.165) is 31.2 Å². The Bertz CT molecular complexity index is 830. The molecule has 1 saturated carbocycles. The highest BCUT2D eigenvalue weighted by Gasteiger charge is 2.28. The van der Waals surface area contributed by atoms with E-state index in [1.54, 1.807) is 23.3 Å². The molecular formula is C25H34N2O3S. The Morgan fingerprint density at radius 3 is 2.42 bits per heavy atom. The molecule has 1 heterocycles. The lowest BCUT2D eigenvalue weighted by molar-refractivity contribution is -0.144. The van der Waals surface area contributed by atoms with E-state index >= 15 is 0 Å². The van der Waals surface area contributed by atoms with Gasteiger partial charge in [0.15, 0.2) is 0 Å². The highest BCUT2D eigenvalue weighted by molar-refractivity contribution is 7.10. The lowest BCUT2D eigenvalue weighted by Crippen LogP contribution is -2.46. The maximum atomic E-state index is 13.4. The minimum atomic E-state index is -0.0167. The highest BCUT2D eigenvalue weighted by Crippen LogP contribution is 2.26. The third-order valence-corrected chi connectivity index (χ3v) is 7.04. The SMILES string of the molecule is COCCN(CC(=O)N(Cc1ccccc1)Cc1sccc1C)C(=O)C1CCCCC1. The maximum absolute atomic E-state index is 13.4. The van der Waals surface area contributed by atoms with Crippen molar-refractivity contribution in [2.75, 3.05) is 26.8 Å². The van der Waals surface area contributed by atoms with Crippen LogP contribution in [0.25, 0.3) is 0 Å². The molecule has 1 aromatic carbocycles. The zero-order chi connectivity index (χ0) is 22.1. The molecule has 1 aromatic heterocycles. The first kappa shape index (κ1) is 23.5. The van der Waals surface area contributed by atoms with Gasteiger partial charge in [-0.25, -0.2) is 0 Å². The first-order chi connectivity index (χ1) is 15.1. The Labute approximate surface area is 190 Å². The number of amides is 2. The number of carbonyl (C=O) groups excluding carboxylic acids is 2. The van der Waals surface area contributed by atoms with Crippen LogP contribution in [-0.2, 0) is 27.4 Å². The molecule has 0 spiro atoms. The van der Waals surface area contributed by atoms with Crippen LogP contribution in [0.2, 0.25) is 0 Å². The van der Waals surface area contributed by atoms with Gasteiger partial charge in [-0.2, -0.15) is 0 Å². The normalized spacial score (nSPS) is 14.4. The summed E-state index contributed by atoms with van der Waals surface area (Å²) in [7, 11) is 1.63. The van der Waals surface area contributed by atoms with Crippen molar-refractivity contribution in [1.29, 1.82) is 0 Å². The fraction of sp³-hybridized carbons (Fsp3) is 0.520. The van der Waals surface area contributed by atoms with Gasteiger partial charge in [0.1, 0.15) is 0 Å². The van der Waals surface area contributed by atoms with Gasteiger partial charge in [0.2, 0.25) is 11.8 Å². The van der Waals surface area contributed by atoms with Crippen molar-refractivity contribution < 1.29 is 14.3 Å². The molecule has 0 unspecified atom stereocenters. The Balaban J connectivity index is 1.74. The van der Waals surface area contributed by atoms with E-state index in [1.807, 2.05) is 35.2 Å². The third-order valence-electron chi connectivity index (χ3n) is 6.03. The van der Waals surface area contributed by atoms with Gasteiger partial charge < -0.3 is 14.5 Å². The van der Waals surface area contributed by atoms with Gasteiger partial charge in [-0.15, -0.1) is 11.3 Å². The molecule has 3 rings (SSSR count). The lowest BCUT2D eigenvalue weighted by atomic mass is 9.88. The average Bonchev–Trinajstić information content (AvgIpc) is 3.21. The molecular weight excluding hydrogens is 408 g/mol. The number of aryl methyl sites for hydroxylation is 1. The van der Waals surface area contributed by atoms with Crippen molar-refractivity contribution in [3.63, 3.8) is 0 Å². The van der Waals surface area contributed by atoms with Gasteiger partial charge in [0.25, 0.3) is 0 Å². The fourth-order valence-electron chi connectivity index (χ4n) is 4.12. The van der Waals surface area contributed by atoms with Crippen molar-refractivity contribution in [2.24, 2.45) is 5.92 Å². The van der Waals surface area contributed by atoms with Crippen LogP contribution in [0.15, 0.2) is 41.8 Å². The van der Waals surface area contributed by atoms with E-state index in [4.69, 9.17) is 4.74 Å². The Hall–Kier alpha value is -2.18. The van der Waals surface area contributed by atoms with E-state index in [-0.39, 0.29) is 24.3 Å². The van der Waals surface area contributed by atoms with Crippen LogP contribution in [-0.4, -0.2) is 48.4 Å². The molecule has 1 aliphatic carbocycles. The monoisotopic (exact) mass is 442 g/mol. The zero-order valence-corrected chi connectivity index (χ0v) is 19.5. The van der Waals surface area contributed by atoms with Crippen LogP contribution in [0.3, 0.4) is 0 Å². The number of thiophene rings is 1. The zero-order valence-electron chi connectivity index (χ0n) is 18.7. The topological polar surface area (TPSA) is 49.9 Å². The molecule has 2 aromatic rings. The van der Waals surface area contributed by atoms with Gasteiger partial charge in [0.05, 0.1) is 19.7 Å². The molecule has 0 bridgehead atoms. The summed E-state index contributed by atoms with van der Waals surface area (Å²) in [4.78, 5) is 31.4. The Morgan fingerprint density at radius 2 is 1.77 bits per heavy atom. The smallest absolute Gasteiger partial charge is 0.242 e. The predicted octanol–water partition coefficient (Wildman–Crippen LogP) is 4.64. The highest BCUT2D eigenvalue weighted by atomic mass is 32.1. The molecule has 168 valence electrons. The Kier molecular flexibility index (Phi) is 9.10.